The van der Waals surface area contributed by atoms with Crippen molar-refractivity contribution in [2.24, 2.45) is 0 Å². The van der Waals surface area contributed by atoms with E-state index in [1.54, 1.807) is 14.1 Å². The number of hydrogen-bond donors (Lipinski definition) is 1. The van der Waals surface area contributed by atoms with Crippen molar-refractivity contribution in [2.75, 3.05) is 32.1 Å². The minimum Gasteiger partial charge on any atom is -0.371 e. The molecule has 2 rings (SSSR count). The maximum atomic E-state index is 12.2. The molecule has 1 fully saturated rings. The fraction of sp³-hybridized carbons (Fsp3) is 0.556. The Morgan fingerprint density at radius 2 is 1.74 bits per heavy atom. The second-order valence-electron chi connectivity index (χ2n) is 5.65. The van der Waals surface area contributed by atoms with Crippen molar-refractivity contribution in [3.8, 4) is 0 Å². The number of nitrogens with one attached hydrogen (secondary N) is 1. The lowest BCUT2D eigenvalue weighted by atomic mass is 9.85. The van der Waals surface area contributed by atoms with Crippen LogP contribution < -0.4 is 10.2 Å². The summed E-state index contributed by atoms with van der Waals surface area (Å²) in [4.78, 5) is 27.2. The Bertz CT molecular complexity index is 506. The molecule has 23 heavy (non-hydrogen) atoms. The van der Waals surface area contributed by atoms with E-state index in [9.17, 15) is 9.59 Å². The zero-order valence-corrected chi connectivity index (χ0v) is 14.9. The molecule has 0 spiro atoms. The van der Waals surface area contributed by atoms with Gasteiger partial charge < -0.3 is 15.1 Å². The van der Waals surface area contributed by atoms with Gasteiger partial charge in [-0.15, -0.1) is 0 Å². The molecule has 0 saturated carbocycles. The average Bonchev–Trinajstić information content (AvgIpc) is 2.62. The first-order chi connectivity index (χ1) is 11.0. The number of anilines is 1. The molecule has 1 saturated heterocycles. The number of hydrogen-bond acceptors (Lipinski definition) is 3. The summed E-state index contributed by atoms with van der Waals surface area (Å²) in [7, 11) is 3.30. The summed E-state index contributed by atoms with van der Waals surface area (Å²) in [5, 5.41) is 2.69. The SMILES string of the molecule is CC.CNC(=O)C1(N(C)C=O)CCN(c2ccc(C)cc2)CC1. The molecule has 0 radical (unpaired) electrons. The standard InChI is InChI=1S/C16H23N3O2.C2H6/c1-13-4-6-14(7-5-13)19-10-8-16(9-11-19,15(21)17-2)18(3)12-20;1-2/h4-7,12H,8-11H2,1-3H3,(H,17,21);1-2H3. The second kappa shape index (κ2) is 8.56. The van der Waals surface area contributed by atoms with Crippen LogP contribution in [0.1, 0.15) is 32.3 Å². The second-order valence-corrected chi connectivity index (χ2v) is 5.65. The van der Waals surface area contributed by atoms with Crippen molar-refractivity contribution in [1.29, 1.82) is 0 Å². The normalized spacial score (nSPS) is 16.0. The van der Waals surface area contributed by atoms with E-state index in [0.717, 1.165) is 19.5 Å². The van der Waals surface area contributed by atoms with Gasteiger partial charge in [0.1, 0.15) is 5.54 Å². The van der Waals surface area contributed by atoms with Gasteiger partial charge >= 0.3 is 0 Å². The van der Waals surface area contributed by atoms with Crippen LogP contribution in [0.3, 0.4) is 0 Å². The van der Waals surface area contributed by atoms with E-state index in [2.05, 4.69) is 41.4 Å². The highest BCUT2D eigenvalue weighted by Crippen LogP contribution is 2.30. The molecule has 1 heterocycles. The third-order valence-corrected chi connectivity index (χ3v) is 4.47. The Morgan fingerprint density at radius 1 is 1.22 bits per heavy atom. The van der Waals surface area contributed by atoms with Crippen LogP contribution in [0.15, 0.2) is 24.3 Å². The summed E-state index contributed by atoms with van der Waals surface area (Å²) >= 11 is 0. The highest BCUT2D eigenvalue weighted by atomic mass is 16.2. The third-order valence-electron chi connectivity index (χ3n) is 4.47. The Kier molecular flexibility index (Phi) is 7.07. The Hall–Kier alpha value is -2.04. The molecule has 1 aromatic carbocycles. The molecule has 0 unspecified atom stereocenters. The minimum absolute atomic E-state index is 0.0827. The van der Waals surface area contributed by atoms with Gasteiger partial charge in [-0.2, -0.15) is 0 Å². The molecule has 5 nitrogen and oxygen atoms in total. The minimum atomic E-state index is -0.725. The fourth-order valence-corrected chi connectivity index (χ4v) is 2.96. The topological polar surface area (TPSA) is 52.7 Å². The summed E-state index contributed by atoms with van der Waals surface area (Å²) in [6.07, 6.45) is 2.02. The molecule has 0 atom stereocenters. The maximum Gasteiger partial charge on any atom is 0.245 e. The summed E-state index contributed by atoms with van der Waals surface area (Å²) < 4.78 is 0. The first kappa shape index (κ1) is 19.0. The summed E-state index contributed by atoms with van der Waals surface area (Å²) in [5.41, 5.74) is 1.67. The van der Waals surface area contributed by atoms with Crippen LogP contribution in [0.2, 0.25) is 0 Å². The number of rotatable bonds is 4. The van der Waals surface area contributed by atoms with Gasteiger partial charge in [-0.05, 0) is 31.9 Å². The zero-order valence-electron chi connectivity index (χ0n) is 14.9. The smallest absolute Gasteiger partial charge is 0.245 e. The van der Waals surface area contributed by atoms with Crippen LogP contribution >= 0.6 is 0 Å². The lowest BCUT2D eigenvalue weighted by molar-refractivity contribution is -0.140. The van der Waals surface area contributed by atoms with Crippen LogP contribution in [0.25, 0.3) is 0 Å². The van der Waals surface area contributed by atoms with Gasteiger partial charge in [-0.1, -0.05) is 31.5 Å². The molecule has 1 aliphatic rings. The van der Waals surface area contributed by atoms with Gasteiger partial charge in [0.15, 0.2) is 0 Å². The van der Waals surface area contributed by atoms with Crippen molar-refractivity contribution in [1.82, 2.24) is 10.2 Å². The predicted molar refractivity (Wildman–Crippen MR) is 94.6 cm³/mol. The summed E-state index contributed by atoms with van der Waals surface area (Å²) in [6.45, 7) is 7.58. The van der Waals surface area contributed by atoms with Crippen LogP contribution in [0, 0.1) is 6.92 Å². The molecule has 1 aromatic rings. The van der Waals surface area contributed by atoms with E-state index >= 15 is 0 Å². The molecule has 1 aliphatic heterocycles. The molecular weight excluding hydrogens is 290 g/mol. The third kappa shape index (κ3) is 4.03. The summed E-state index contributed by atoms with van der Waals surface area (Å²) in [5.74, 6) is -0.0827. The highest BCUT2D eigenvalue weighted by Gasteiger charge is 2.44. The molecular formula is C18H29N3O2. The maximum absolute atomic E-state index is 12.2. The van der Waals surface area contributed by atoms with Gasteiger partial charge in [0.2, 0.25) is 12.3 Å². The fourth-order valence-electron chi connectivity index (χ4n) is 2.96. The number of nitrogens with zero attached hydrogens (tertiary/aromatic N) is 2. The predicted octanol–water partition coefficient (Wildman–Crippen LogP) is 2.19. The molecule has 0 bridgehead atoms. The quantitative estimate of drug-likeness (QED) is 0.866. The number of aryl methyl sites for hydroxylation is 1. The van der Waals surface area contributed by atoms with Crippen molar-refractivity contribution < 1.29 is 9.59 Å². The van der Waals surface area contributed by atoms with E-state index in [0.29, 0.717) is 12.8 Å². The molecule has 2 amide bonds. The molecule has 1 N–H and O–H groups in total. The Labute approximate surface area is 139 Å². The van der Waals surface area contributed by atoms with E-state index in [1.807, 2.05) is 13.8 Å². The monoisotopic (exact) mass is 319 g/mol. The van der Waals surface area contributed by atoms with E-state index in [1.165, 1.54) is 16.2 Å². The van der Waals surface area contributed by atoms with Gasteiger partial charge in [0, 0.05) is 32.9 Å². The van der Waals surface area contributed by atoms with Crippen molar-refractivity contribution in [3.05, 3.63) is 29.8 Å². The van der Waals surface area contributed by atoms with Crippen molar-refractivity contribution in [2.45, 2.75) is 39.2 Å². The average molecular weight is 319 g/mol. The zero-order chi connectivity index (χ0) is 17.5. The van der Waals surface area contributed by atoms with E-state index in [-0.39, 0.29) is 5.91 Å². The van der Waals surface area contributed by atoms with Gasteiger partial charge in [0.05, 0.1) is 0 Å². The number of piperidine rings is 1. The van der Waals surface area contributed by atoms with E-state index < -0.39 is 5.54 Å². The molecule has 0 aliphatic carbocycles. The first-order valence-corrected chi connectivity index (χ1v) is 8.25. The van der Waals surface area contributed by atoms with Crippen molar-refractivity contribution >= 4 is 18.0 Å². The van der Waals surface area contributed by atoms with Crippen LogP contribution in [-0.4, -0.2) is 49.9 Å². The van der Waals surface area contributed by atoms with Gasteiger partial charge in [-0.25, -0.2) is 0 Å². The number of likely N-dealkylation sites (N-methyl/N-ethyl adjacent to an activating group) is 2. The lowest BCUT2D eigenvalue weighted by Gasteiger charge is -2.45. The van der Waals surface area contributed by atoms with Crippen LogP contribution in [0.5, 0.6) is 0 Å². The van der Waals surface area contributed by atoms with Crippen LogP contribution in [0.4, 0.5) is 5.69 Å². The number of carbonyl (C=O) groups is 2. The molecule has 128 valence electrons. The molecule has 0 aromatic heterocycles. The van der Waals surface area contributed by atoms with Crippen LogP contribution in [-0.2, 0) is 9.59 Å². The largest absolute Gasteiger partial charge is 0.371 e. The Morgan fingerprint density at radius 3 is 2.17 bits per heavy atom. The lowest BCUT2D eigenvalue weighted by Crippen LogP contribution is -2.61. The first-order valence-electron chi connectivity index (χ1n) is 8.25. The molecule has 5 heteroatoms. The van der Waals surface area contributed by atoms with Gasteiger partial charge in [0.25, 0.3) is 0 Å². The van der Waals surface area contributed by atoms with Gasteiger partial charge in [-0.3, -0.25) is 9.59 Å². The number of benzene rings is 1. The highest BCUT2D eigenvalue weighted by molar-refractivity contribution is 5.88. The number of carbonyl (C=O) groups excluding carboxylic acids is 2. The Balaban J connectivity index is 0.00000127. The van der Waals surface area contributed by atoms with Crippen molar-refractivity contribution in [3.63, 3.8) is 0 Å². The summed E-state index contributed by atoms with van der Waals surface area (Å²) in [6, 6.07) is 8.39. The van der Waals surface area contributed by atoms with E-state index in [4.69, 9.17) is 0 Å². The number of amides is 2.